The standard InChI is InChI=1S/C31H40N4O3/c1-21(2)26-16-27(29(37)17-28(26)36)31-33-19-25(18-32-23-8-4-3-5-9-23)35(31)24-13-11-22(12-14-24)20-34-15-7-6-10-30(34)38/h11-14,16-17,19,21,23,32,36-37H,3-10,15,18,20H2,1-2H3. The van der Waals surface area contributed by atoms with Crippen LogP contribution in [0.2, 0.25) is 0 Å². The van der Waals surface area contributed by atoms with Gasteiger partial charge in [-0.15, -0.1) is 0 Å². The van der Waals surface area contributed by atoms with Crippen molar-refractivity contribution in [3.63, 3.8) is 0 Å². The number of nitrogens with one attached hydrogen (secondary N) is 1. The van der Waals surface area contributed by atoms with E-state index < -0.39 is 0 Å². The third-order valence-corrected chi connectivity index (χ3v) is 8.01. The molecule has 0 bridgehead atoms. The summed E-state index contributed by atoms with van der Waals surface area (Å²) >= 11 is 0. The number of aromatic hydroxyl groups is 2. The Labute approximate surface area is 225 Å². The van der Waals surface area contributed by atoms with Crippen LogP contribution in [0.3, 0.4) is 0 Å². The number of carbonyl (C=O) groups excluding carboxylic acids is 1. The van der Waals surface area contributed by atoms with Crippen molar-refractivity contribution >= 4 is 5.91 Å². The Morgan fingerprint density at radius 2 is 1.76 bits per heavy atom. The zero-order valence-electron chi connectivity index (χ0n) is 22.6. The molecule has 3 aromatic rings. The maximum absolute atomic E-state index is 12.3. The molecule has 5 rings (SSSR count). The molecule has 202 valence electrons. The number of amides is 1. The molecule has 2 fully saturated rings. The molecule has 1 saturated heterocycles. The summed E-state index contributed by atoms with van der Waals surface area (Å²) in [5.74, 6) is 1.07. The molecular weight excluding hydrogens is 476 g/mol. The number of piperidine rings is 1. The number of imidazole rings is 1. The van der Waals surface area contributed by atoms with E-state index in [2.05, 4.69) is 34.1 Å². The highest BCUT2D eigenvalue weighted by atomic mass is 16.3. The molecule has 2 aliphatic rings. The van der Waals surface area contributed by atoms with Gasteiger partial charge < -0.3 is 20.4 Å². The van der Waals surface area contributed by atoms with Gasteiger partial charge in [0.15, 0.2) is 0 Å². The van der Waals surface area contributed by atoms with Crippen molar-refractivity contribution in [1.29, 1.82) is 0 Å². The molecule has 2 aromatic carbocycles. The lowest BCUT2D eigenvalue weighted by atomic mass is 9.95. The van der Waals surface area contributed by atoms with Crippen LogP contribution in [0.15, 0.2) is 42.6 Å². The largest absolute Gasteiger partial charge is 0.508 e. The maximum Gasteiger partial charge on any atom is 0.222 e. The monoisotopic (exact) mass is 516 g/mol. The number of rotatable bonds is 8. The summed E-state index contributed by atoms with van der Waals surface area (Å²) in [5, 5.41) is 25.0. The first-order valence-electron chi connectivity index (χ1n) is 14.1. The fourth-order valence-corrected chi connectivity index (χ4v) is 5.78. The van der Waals surface area contributed by atoms with Gasteiger partial charge in [0, 0.05) is 43.9 Å². The maximum atomic E-state index is 12.3. The van der Waals surface area contributed by atoms with Crippen LogP contribution in [0.25, 0.3) is 17.1 Å². The topological polar surface area (TPSA) is 90.6 Å². The number of nitrogens with zero attached hydrogens (tertiary/aromatic N) is 3. The van der Waals surface area contributed by atoms with Crippen molar-refractivity contribution in [2.45, 2.75) is 90.3 Å². The van der Waals surface area contributed by atoms with Gasteiger partial charge in [-0.05, 0) is 60.9 Å². The van der Waals surface area contributed by atoms with Gasteiger partial charge in [0.2, 0.25) is 5.91 Å². The normalized spacial score (nSPS) is 16.9. The minimum Gasteiger partial charge on any atom is -0.508 e. The zero-order valence-corrected chi connectivity index (χ0v) is 22.6. The lowest BCUT2D eigenvalue weighted by Gasteiger charge is -2.27. The van der Waals surface area contributed by atoms with Crippen LogP contribution in [0.1, 0.15) is 88.0 Å². The van der Waals surface area contributed by atoms with Gasteiger partial charge in [-0.1, -0.05) is 45.2 Å². The second kappa shape index (κ2) is 11.6. The van der Waals surface area contributed by atoms with Crippen molar-refractivity contribution in [2.75, 3.05) is 6.54 Å². The smallest absolute Gasteiger partial charge is 0.222 e. The number of hydrogen-bond acceptors (Lipinski definition) is 5. The van der Waals surface area contributed by atoms with E-state index in [1.165, 1.54) is 38.2 Å². The van der Waals surface area contributed by atoms with Crippen LogP contribution in [0.4, 0.5) is 0 Å². The predicted molar refractivity (Wildman–Crippen MR) is 149 cm³/mol. The van der Waals surface area contributed by atoms with Crippen molar-refractivity contribution in [2.24, 2.45) is 0 Å². The van der Waals surface area contributed by atoms with Crippen molar-refractivity contribution < 1.29 is 15.0 Å². The molecule has 1 saturated carbocycles. The molecule has 0 atom stereocenters. The highest BCUT2D eigenvalue weighted by Crippen LogP contribution is 2.38. The molecule has 1 amide bonds. The van der Waals surface area contributed by atoms with Crippen LogP contribution in [-0.4, -0.2) is 43.2 Å². The first-order valence-corrected chi connectivity index (χ1v) is 14.1. The third kappa shape index (κ3) is 5.73. The van der Waals surface area contributed by atoms with E-state index in [0.717, 1.165) is 41.9 Å². The van der Waals surface area contributed by atoms with E-state index in [0.29, 0.717) is 36.9 Å². The molecule has 38 heavy (non-hydrogen) atoms. The van der Waals surface area contributed by atoms with Gasteiger partial charge in [0.05, 0.1) is 17.5 Å². The van der Waals surface area contributed by atoms with Gasteiger partial charge in [-0.3, -0.25) is 9.36 Å². The quantitative estimate of drug-likeness (QED) is 0.341. The van der Waals surface area contributed by atoms with Gasteiger partial charge >= 0.3 is 0 Å². The minimum atomic E-state index is 0.00534. The van der Waals surface area contributed by atoms with E-state index >= 15 is 0 Å². The summed E-state index contributed by atoms with van der Waals surface area (Å²) in [5.41, 5.74) is 4.43. The number of phenols is 2. The first-order chi connectivity index (χ1) is 18.4. The Kier molecular flexibility index (Phi) is 8.03. The minimum absolute atomic E-state index is 0.00534. The summed E-state index contributed by atoms with van der Waals surface area (Å²) in [7, 11) is 0. The molecule has 1 aromatic heterocycles. The highest BCUT2D eigenvalue weighted by Gasteiger charge is 2.22. The highest BCUT2D eigenvalue weighted by molar-refractivity contribution is 5.76. The van der Waals surface area contributed by atoms with Crippen LogP contribution >= 0.6 is 0 Å². The second-order valence-electron chi connectivity index (χ2n) is 11.1. The zero-order chi connectivity index (χ0) is 26.6. The molecular formula is C31H40N4O3. The fourth-order valence-electron chi connectivity index (χ4n) is 5.78. The lowest BCUT2D eigenvalue weighted by molar-refractivity contribution is -0.133. The Morgan fingerprint density at radius 3 is 2.47 bits per heavy atom. The lowest BCUT2D eigenvalue weighted by Crippen LogP contribution is -2.34. The predicted octanol–water partition coefficient (Wildman–Crippen LogP) is 6.01. The van der Waals surface area contributed by atoms with Crippen LogP contribution < -0.4 is 5.32 Å². The number of benzene rings is 2. The number of aromatic nitrogens is 2. The molecule has 7 nitrogen and oxygen atoms in total. The van der Waals surface area contributed by atoms with E-state index in [-0.39, 0.29) is 23.3 Å². The third-order valence-electron chi connectivity index (χ3n) is 8.01. The molecule has 1 aliphatic heterocycles. The van der Waals surface area contributed by atoms with Crippen LogP contribution in [0.5, 0.6) is 11.5 Å². The van der Waals surface area contributed by atoms with Gasteiger partial charge in [-0.2, -0.15) is 0 Å². The number of hydrogen-bond donors (Lipinski definition) is 3. The Morgan fingerprint density at radius 1 is 1.00 bits per heavy atom. The van der Waals surface area contributed by atoms with Crippen molar-refractivity contribution in [3.8, 4) is 28.6 Å². The SMILES string of the molecule is CC(C)c1cc(-c2ncc(CNC3CCCCC3)n2-c2ccc(CN3CCCCC3=O)cc2)c(O)cc1O. The van der Waals surface area contributed by atoms with Crippen LogP contribution in [0, 0.1) is 0 Å². The molecule has 1 aliphatic carbocycles. The Hall–Kier alpha value is -3.32. The summed E-state index contributed by atoms with van der Waals surface area (Å²) < 4.78 is 2.10. The molecule has 2 heterocycles. The van der Waals surface area contributed by atoms with Gasteiger partial charge in [0.1, 0.15) is 17.3 Å². The Balaban J connectivity index is 1.49. The van der Waals surface area contributed by atoms with Crippen LogP contribution in [-0.2, 0) is 17.9 Å². The average Bonchev–Trinajstić information content (AvgIpc) is 3.33. The van der Waals surface area contributed by atoms with E-state index in [9.17, 15) is 15.0 Å². The Bertz CT molecular complexity index is 1260. The summed E-state index contributed by atoms with van der Waals surface area (Å²) in [6.07, 6.45) is 10.8. The van der Waals surface area contributed by atoms with E-state index in [4.69, 9.17) is 4.98 Å². The fraction of sp³-hybridized carbons (Fsp3) is 0.484. The van der Waals surface area contributed by atoms with E-state index in [1.54, 1.807) is 0 Å². The van der Waals surface area contributed by atoms with Gasteiger partial charge in [0.25, 0.3) is 0 Å². The number of carbonyl (C=O) groups is 1. The summed E-state index contributed by atoms with van der Waals surface area (Å²) in [6.45, 7) is 6.17. The van der Waals surface area contributed by atoms with E-state index in [1.807, 2.05) is 31.0 Å². The van der Waals surface area contributed by atoms with Crippen molar-refractivity contribution in [3.05, 3.63) is 59.4 Å². The van der Waals surface area contributed by atoms with Crippen molar-refractivity contribution in [1.82, 2.24) is 19.8 Å². The molecule has 7 heteroatoms. The number of phenolic OH excluding ortho intramolecular Hbond substituents is 2. The average molecular weight is 517 g/mol. The summed E-state index contributed by atoms with van der Waals surface area (Å²) in [6, 6.07) is 12.1. The van der Waals surface area contributed by atoms with Gasteiger partial charge in [-0.25, -0.2) is 4.98 Å². The molecule has 0 unspecified atom stereocenters. The molecule has 3 N–H and O–H groups in total. The molecule has 0 spiro atoms. The summed E-state index contributed by atoms with van der Waals surface area (Å²) in [4.78, 5) is 19.0. The first kappa shape index (κ1) is 26.3. The second-order valence-corrected chi connectivity index (χ2v) is 11.1. The number of likely N-dealkylation sites (tertiary alicyclic amines) is 1. The molecule has 0 radical (unpaired) electrons.